The standard InChI is InChI=1S/C22H27NO6/c1-5-6-7-12-29-16-10-8-15(9-11-16)21(24)23-18-14-20(27-3)19(26-2)13-17(18)22(25)28-4/h8-11,13-14H,5-7,12H2,1-4H3,(H,23,24). The lowest BCUT2D eigenvalue weighted by atomic mass is 10.1. The number of amides is 1. The molecule has 7 heteroatoms. The van der Waals surface area contributed by atoms with Gasteiger partial charge in [-0.2, -0.15) is 0 Å². The van der Waals surface area contributed by atoms with E-state index in [0.29, 0.717) is 29.4 Å². The Labute approximate surface area is 170 Å². The van der Waals surface area contributed by atoms with Gasteiger partial charge in [0, 0.05) is 17.7 Å². The van der Waals surface area contributed by atoms with Gasteiger partial charge >= 0.3 is 5.97 Å². The van der Waals surface area contributed by atoms with E-state index >= 15 is 0 Å². The molecule has 2 aromatic rings. The summed E-state index contributed by atoms with van der Waals surface area (Å²) in [6.07, 6.45) is 3.24. The highest BCUT2D eigenvalue weighted by Gasteiger charge is 2.19. The van der Waals surface area contributed by atoms with Crippen LogP contribution in [0.25, 0.3) is 0 Å². The number of hydrogen-bond acceptors (Lipinski definition) is 6. The van der Waals surface area contributed by atoms with Gasteiger partial charge in [0.15, 0.2) is 11.5 Å². The molecule has 1 amide bonds. The fraction of sp³-hybridized carbons (Fsp3) is 0.364. The molecule has 0 bridgehead atoms. The monoisotopic (exact) mass is 401 g/mol. The highest BCUT2D eigenvalue weighted by molar-refractivity contribution is 6.08. The van der Waals surface area contributed by atoms with Crippen molar-refractivity contribution < 1.29 is 28.5 Å². The van der Waals surface area contributed by atoms with Crippen LogP contribution in [0.2, 0.25) is 0 Å². The highest BCUT2D eigenvalue weighted by atomic mass is 16.5. The summed E-state index contributed by atoms with van der Waals surface area (Å²) >= 11 is 0. The molecule has 0 unspecified atom stereocenters. The summed E-state index contributed by atoms with van der Waals surface area (Å²) in [6, 6.07) is 9.82. The maximum absolute atomic E-state index is 12.7. The number of ether oxygens (including phenoxy) is 4. The molecule has 156 valence electrons. The van der Waals surface area contributed by atoms with Gasteiger partial charge in [0.25, 0.3) is 5.91 Å². The van der Waals surface area contributed by atoms with E-state index in [0.717, 1.165) is 19.3 Å². The molecule has 7 nitrogen and oxygen atoms in total. The molecule has 0 saturated carbocycles. The van der Waals surface area contributed by atoms with Crippen LogP contribution in [0.3, 0.4) is 0 Å². The first-order valence-electron chi connectivity index (χ1n) is 9.42. The average Bonchev–Trinajstić information content (AvgIpc) is 2.76. The molecule has 2 rings (SSSR count). The third-order valence-corrected chi connectivity index (χ3v) is 4.31. The number of carbonyl (C=O) groups is 2. The van der Waals surface area contributed by atoms with E-state index in [2.05, 4.69) is 12.2 Å². The van der Waals surface area contributed by atoms with E-state index in [-0.39, 0.29) is 17.2 Å². The maximum atomic E-state index is 12.7. The van der Waals surface area contributed by atoms with Crippen molar-refractivity contribution in [2.45, 2.75) is 26.2 Å². The SMILES string of the molecule is CCCCCOc1ccc(C(=O)Nc2cc(OC)c(OC)cc2C(=O)OC)cc1. The van der Waals surface area contributed by atoms with E-state index in [1.807, 2.05) is 0 Å². The van der Waals surface area contributed by atoms with Crippen LogP contribution in [0.5, 0.6) is 17.2 Å². The molecular weight excluding hydrogens is 374 g/mol. The number of methoxy groups -OCH3 is 3. The number of esters is 1. The Hall–Kier alpha value is -3.22. The molecule has 0 aliphatic rings. The van der Waals surface area contributed by atoms with Gasteiger partial charge in [0.2, 0.25) is 0 Å². The molecule has 0 heterocycles. The van der Waals surface area contributed by atoms with E-state index in [4.69, 9.17) is 18.9 Å². The van der Waals surface area contributed by atoms with Crippen LogP contribution in [-0.2, 0) is 4.74 Å². The Kier molecular flexibility index (Phi) is 8.33. The van der Waals surface area contributed by atoms with Crippen molar-refractivity contribution in [3.63, 3.8) is 0 Å². The molecular formula is C22H27NO6. The highest BCUT2D eigenvalue weighted by Crippen LogP contribution is 2.34. The number of rotatable bonds is 10. The van der Waals surface area contributed by atoms with Crippen molar-refractivity contribution in [2.75, 3.05) is 33.3 Å². The van der Waals surface area contributed by atoms with Crippen LogP contribution >= 0.6 is 0 Å². The Morgan fingerprint density at radius 1 is 0.931 bits per heavy atom. The lowest BCUT2D eigenvalue weighted by Crippen LogP contribution is -2.16. The smallest absolute Gasteiger partial charge is 0.340 e. The third-order valence-electron chi connectivity index (χ3n) is 4.31. The predicted octanol–water partition coefficient (Wildman–Crippen LogP) is 4.31. The van der Waals surface area contributed by atoms with Crippen LogP contribution in [0.4, 0.5) is 5.69 Å². The van der Waals surface area contributed by atoms with Gasteiger partial charge < -0.3 is 24.3 Å². The number of carbonyl (C=O) groups excluding carboxylic acids is 2. The molecule has 0 fully saturated rings. The van der Waals surface area contributed by atoms with Crippen LogP contribution < -0.4 is 19.5 Å². The topological polar surface area (TPSA) is 83.1 Å². The summed E-state index contributed by atoms with van der Waals surface area (Å²) in [6.45, 7) is 2.78. The molecule has 0 spiro atoms. The first-order valence-corrected chi connectivity index (χ1v) is 9.42. The van der Waals surface area contributed by atoms with E-state index in [1.54, 1.807) is 24.3 Å². The van der Waals surface area contributed by atoms with Crippen LogP contribution in [0.1, 0.15) is 46.9 Å². The number of benzene rings is 2. The van der Waals surface area contributed by atoms with Gasteiger partial charge in [-0.15, -0.1) is 0 Å². The molecule has 29 heavy (non-hydrogen) atoms. The minimum Gasteiger partial charge on any atom is -0.494 e. The first-order chi connectivity index (χ1) is 14.0. The zero-order chi connectivity index (χ0) is 21.2. The Morgan fingerprint density at radius 3 is 2.17 bits per heavy atom. The lowest BCUT2D eigenvalue weighted by Gasteiger charge is -2.15. The largest absolute Gasteiger partial charge is 0.494 e. The van der Waals surface area contributed by atoms with Crippen molar-refractivity contribution >= 4 is 17.6 Å². The number of unbranched alkanes of at least 4 members (excludes halogenated alkanes) is 2. The summed E-state index contributed by atoms with van der Waals surface area (Å²) in [5.74, 6) is 0.470. The van der Waals surface area contributed by atoms with Gasteiger partial charge in [0.1, 0.15) is 5.75 Å². The van der Waals surface area contributed by atoms with Gasteiger partial charge in [-0.1, -0.05) is 19.8 Å². The molecule has 0 radical (unpaired) electrons. The molecule has 2 aromatic carbocycles. The van der Waals surface area contributed by atoms with E-state index < -0.39 is 5.97 Å². The lowest BCUT2D eigenvalue weighted by molar-refractivity contribution is 0.0601. The Bertz CT molecular complexity index is 832. The second-order valence-corrected chi connectivity index (χ2v) is 6.28. The zero-order valence-corrected chi connectivity index (χ0v) is 17.2. The van der Waals surface area contributed by atoms with Gasteiger partial charge in [-0.05, 0) is 30.7 Å². The Morgan fingerprint density at radius 2 is 1.59 bits per heavy atom. The van der Waals surface area contributed by atoms with E-state index in [9.17, 15) is 9.59 Å². The minimum absolute atomic E-state index is 0.161. The van der Waals surface area contributed by atoms with Gasteiger partial charge in [0.05, 0.1) is 39.2 Å². The maximum Gasteiger partial charge on any atom is 0.340 e. The molecule has 0 aromatic heterocycles. The quantitative estimate of drug-likeness (QED) is 0.472. The summed E-state index contributed by atoms with van der Waals surface area (Å²) in [5, 5.41) is 2.73. The molecule has 0 atom stereocenters. The fourth-order valence-corrected chi connectivity index (χ4v) is 2.70. The van der Waals surface area contributed by atoms with E-state index in [1.165, 1.54) is 33.5 Å². The second kappa shape index (κ2) is 10.9. The predicted molar refractivity (Wildman–Crippen MR) is 110 cm³/mol. The number of nitrogens with one attached hydrogen (secondary N) is 1. The molecule has 1 N–H and O–H groups in total. The summed E-state index contributed by atoms with van der Waals surface area (Å²) < 4.78 is 20.9. The normalized spacial score (nSPS) is 10.2. The fourth-order valence-electron chi connectivity index (χ4n) is 2.70. The van der Waals surface area contributed by atoms with Crippen LogP contribution in [0, 0.1) is 0 Å². The Balaban J connectivity index is 2.17. The summed E-state index contributed by atoms with van der Waals surface area (Å²) in [5.41, 5.74) is 0.852. The third kappa shape index (κ3) is 5.88. The summed E-state index contributed by atoms with van der Waals surface area (Å²) in [4.78, 5) is 24.8. The number of hydrogen-bond donors (Lipinski definition) is 1. The summed E-state index contributed by atoms with van der Waals surface area (Å²) in [7, 11) is 4.20. The van der Waals surface area contributed by atoms with Crippen LogP contribution in [0.15, 0.2) is 36.4 Å². The minimum atomic E-state index is -0.600. The first kappa shape index (κ1) is 22.1. The second-order valence-electron chi connectivity index (χ2n) is 6.28. The number of anilines is 1. The van der Waals surface area contributed by atoms with Crippen molar-refractivity contribution in [2.24, 2.45) is 0 Å². The zero-order valence-electron chi connectivity index (χ0n) is 17.2. The van der Waals surface area contributed by atoms with Crippen LogP contribution in [-0.4, -0.2) is 39.8 Å². The molecule has 0 aliphatic heterocycles. The van der Waals surface area contributed by atoms with Crippen molar-refractivity contribution in [3.8, 4) is 17.2 Å². The van der Waals surface area contributed by atoms with Gasteiger partial charge in [-0.25, -0.2) is 4.79 Å². The van der Waals surface area contributed by atoms with Gasteiger partial charge in [-0.3, -0.25) is 4.79 Å². The molecule has 0 aliphatic carbocycles. The van der Waals surface area contributed by atoms with Crippen molar-refractivity contribution in [3.05, 3.63) is 47.5 Å². The molecule has 0 saturated heterocycles. The average molecular weight is 401 g/mol. The van der Waals surface area contributed by atoms with Crippen molar-refractivity contribution in [1.82, 2.24) is 0 Å². The van der Waals surface area contributed by atoms with Crippen molar-refractivity contribution in [1.29, 1.82) is 0 Å².